The third-order valence-electron chi connectivity index (χ3n) is 2.21. The molecule has 0 amide bonds. The van der Waals surface area contributed by atoms with E-state index in [-0.39, 0.29) is 0 Å². The average Bonchev–Trinajstić information content (AvgIpc) is 2.87. The predicted octanol–water partition coefficient (Wildman–Crippen LogP) is 2.02. The van der Waals surface area contributed by atoms with Crippen LogP contribution in [0.1, 0.15) is 25.3 Å². The van der Waals surface area contributed by atoms with E-state index in [9.17, 15) is 0 Å². The second-order valence-electron chi connectivity index (χ2n) is 3.59. The van der Waals surface area contributed by atoms with Gasteiger partial charge in [-0.1, -0.05) is 13.8 Å². The molecule has 0 saturated carbocycles. The highest BCUT2D eigenvalue weighted by Gasteiger charge is 2.19. The number of nitrogens with zero attached hydrogens (tertiary/aromatic N) is 2. The van der Waals surface area contributed by atoms with Crippen molar-refractivity contribution >= 4 is 5.82 Å². The molecule has 0 aliphatic carbocycles. The molecular formula is C10H14N2. The van der Waals surface area contributed by atoms with Crippen LogP contribution in [0, 0.1) is 0 Å². The Balaban J connectivity index is 2.26. The van der Waals surface area contributed by atoms with Crippen LogP contribution in [0.5, 0.6) is 0 Å². The van der Waals surface area contributed by atoms with Gasteiger partial charge in [-0.3, -0.25) is 0 Å². The number of anilines is 1. The minimum atomic E-state index is 0.603. The average molecular weight is 162 g/mol. The van der Waals surface area contributed by atoms with Gasteiger partial charge in [-0.05, 0) is 23.6 Å². The summed E-state index contributed by atoms with van der Waals surface area (Å²) in [6.45, 7) is 6.77. The summed E-state index contributed by atoms with van der Waals surface area (Å²) in [5.41, 5.74) is 1.38. The van der Waals surface area contributed by atoms with Crippen molar-refractivity contribution in [2.45, 2.75) is 19.8 Å². The van der Waals surface area contributed by atoms with E-state index in [1.165, 1.54) is 18.7 Å². The molecule has 0 aromatic carbocycles. The molecule has 0 atom stereocenters. The number of aromatic nitrogens is 1. The van der Waals surface area contributed by atoms with Crippen molar-refractivity contribution in [1.29, 1.82) is 0 Å². The molecule has 2 heterocycles. The van der Waals surface area contributed by atoms with Crippen molar-refractivity contribution in [3.63, 3.8) is 0 Å². The summed E-state index contributed by atoms with van der Waals surface area (Å²) in [6, 6.07) is 4.29. The molecule has 0 N–H and O–H groups in total. The van der Waals surface area contributed by atoms with Gasteiger partial charge in [0.2, 0.25) is 0 Å². The van der Waals surface area contributed by atoms with Gasteiger partial charge >= 0.3 is 0 Å². The molecule has 2 rings (SSSR count). The fraction of sp³-hybridized carbons (Fsp3) is 0.500. The zero-order valence-electron chi connectivity index (χ0n) is 7.62. The zero-order chi connectivity index (χ0) is 8.55. The predicted molar refractivity (Wildman–Crippen MR) is 50.5 cm³/mol. The number of hydrogen-bond acceptors (Lipinski definition) is 2. The monoisotopic (exact) mass is 162 g/mol. The summed E-state index contributed by atoms with van der Waals surface area (Å²) in [5, 5.41) is 0. The zero-order valence-corrected chi connectivity index (χ0v) is 7.62. The minimum Gasteiger partial charge on any atom is -0.353 e. The van der Waals surface area contributed by atoms with E-state index < -0.39 is 0 Å². The molecule has 1 aromatic heterocycles. The summed E-state index contributed by atoms with van der Waals surface area (Å²) >= 11 is 0. The highest BCUT2D eigenvalue weighted by molar-refractivity contribution is 5.46. The highest BCUT2D eigenvalue weighted by Crippen LogP contribution is 2.22. The van der Waals surface area contributed by atoms with E-state index in [0.29, 0.717) is 5.92 Å². The van der Waals surface area contributed by atoms with Crippen LogP contribution in [0.2, 0.25) is 0 Å². The number of hydrogen-bond donors (Lipinski definition) is 0. The molecule has 12 heavy (non-hydrogen) atoms. The molecule has 0 unspecified atom stereocenters. The maximum atomic E-state index is 4.31. The molecule has 1 fully saturated rings. The largest absolute Gasteiger partial charge is 0.353 e. The molecule has 1 aromatic rings. The lowest BCUT2D eigenvalue weighted by atomic mass is 10.1. The lowest BCUT2D eigenvalue weighted by molar-refractivity contribution is 0.862. The first-order chi connectivity index (χ1) is 5.77. The Hall–Kier alpha value is -1.05. The maximum Gasteiger partial charge on any atom is 0.128 e. The molecule has 2 nitrogen and oxygen atoms in total. The Morgan fingerprint density at radius 3 is 2.75 bits per heavy atom. The smallest absolute Gasteiger partial charge is 0.128 e. The first-order valence-electron chi connectivity index (χ1n) is 4.48. The molecule has 1 aliphatic heterocycles. The number of rotatable bonds is 2. The molecule has 0 spiro atoms. The Labute approximate surface area is 73.2 Å². The fourth-order valence-corrected chi connectivity index (χ4v) is 1.25. The SMILES string of the molecule is CC(C)c1ccnc(N2CC2)c1. The Kier molecular flexibility index (Phi) is 1.75. The van der Waals surface area contributed by atoms with E-state index >= 15 is 0 Å². The maximum absolute atomic E-state index is 4.31. The second-order valence-corrected chi connectivity index (χ2v) is 3.59. The molecule has 1 saturated heterocycles. The highest BCUT2D eigenvalue weighted by atomic mass is 15.3. The van der Waals surface area contributed by atoms with E-state index in [4.69, 9.17) is 0 Å². The molecule has 64 valence electrons. The van der Waals surface area contributed by atoms with Crippen molar-refractivity contribution in [1.82, 2.24) is 4.98 Å². The van der Waals surface area contributed by atoms with Gasteiger partial charge in [0.05, 0.1) is 0 Å². The van der Waals surface area contributed by atoms with Crippen molar-refractivity contribution in [2.75, 3.05) is 18.0 Å². The Morgan fingerprint density at radius 1 is 1.42 bits per heavy atom. The Morgan fingerprint density at radius 2 is 2.17 bits per heavy atom. The number of pyridine rings is 1. The van der Waals surface area contributed by atoms with Gasteiger partial charge in [-0.25, -0.2) is 4.98 Å². The van der Waals surface area contributed by atoms with Crippen LogP contribution in [0.25, 0.3) is 0 Å². The first-order valence-corrected chi connectivity index (χ1v) is 4.48. The summed E-state index contributed by atoms with van der Waals surface area (Å²) in [4.78, 5) is 6.58. The summed E-state index contributed by atoms with van der Waals surface area (Å²) < 4.78 is 0. The minimum absolute atomic E-state index is 0.603. The molecule has 0 bridgehead atoms. The van der Waals surface area contributed by atoms with E-state index in [2.05, 4.69) is 35.9 Å². The van der Waals surface area contributed by atoms with Crippen LogP contribution < -0.4 is 4.90 Å². The van der Waals surface area contributed by atoms with E-state index in [1.54, 1.807) is 0 Å². The van der Waals surface area contributed by atoms with Crippen molar-refractivity contribution in [2.24, 2.45) is 0 Å². The van der Waals surface area contributed by atoms with Gasteiger partial charge in [0.1, 0.15) is 5.82 Å². The molecule has 0 radical (unpaired) electrons. The molecule has 2 heteroatoms. The van der Waals surface area contributed by atoms with Crippen molar-refractivity contribution in [3.05, 3.63) is 23.9 Å². The van der Waals surface area contributed by atoms with E-state index in [1.807, 2.05) is 6.20 Å². The summed E-state index contributed by atoms with van der Waals surface area (Å²) in [7, 11) is 0. The van der Waals surface area contributed by atoms with Crippen LogP contribution in [-0.2, 0) is 0 Å². The van der Waals surface area contributed by atoms with Gasteiger partial charge in [-0.2, -0.15) is 0 Å². The summed E-state index contributed by atoms with van der Waals surface area (Å²) in [6.07, 6.45) is 1.91. The standard InChI is InChI=1S/C10H14N2/c1-8(2)9-3-4-11-10(7-9)12-5-6-12/h3-4,7-8H,5-6H2,1-2H3. The van der Waals surface area contributed by atoms with Crippen LogP contribution in [0.4, 0.5) is 5.82 Å². The lowest BCUT2D eigenvalue weighted by Crippen LogP contribution is -1.96. The van der Waals surface area contributed by atoms with Gasteiger partial charge in [0.15, 0.2) is 0 Å². The topological polar surface area (TPSA) is 15.9 Å². The van der Waals surface area contributed by atoms with Gasteiger partial charge in [0.25, 0.3) is 0 Å². The fourth-order valence-electron chi connectivity index (χ4n) is 1.25. The quantitative estimate of drug-likeness (QED) is 0.618. The van der Waals surface area contributed by atoms with Gasteiger partial charge in [0, 0.05) is 19.3 Å². The van der Waals surface area contributed by atoms with Crippen LogP contribution in [0.3, 0.4) is 0 Å². The van der Waals surface area contributed by atoms with Crippen molar-refractivity contribution < 1.29 is 0 Å². The van der Waals surface area contributed by atoms with Gasteiger partial charge < -0.3 is 4.90 Å². The van der Waals surface area contributed by atoms with E-state index in [0.717, 1.165) is 5.82 Å². The third kappa shape index (κ3) is 1.42. The van der Waals surface area contributed by atoms with Crippen LogP contribution in [0.15, 0.2) is 18.3 Å². The lowest BCUT2D eigenvalue weighted by Gasteiger charge is -2.07. The van der Waals surface area contributed by atoms with Gasteiger partial charge in [-0.15, -0.1) is 0 Å². The molecule has 1 aliphatic rings. The summed E-state index contributed by atoms with van der Waals surface area (Å²) in [5.74, 6) is 1.74. The first kappa shape index (κ1) is 7.59. The van der Waals surface area contributed by atoms with Crippen LogP contribution >= 0.6 is 0 Å². The van der Waals surface area contributed by atoms with Crippen LogP contribution in [-0.4, -0.2) is 18.1 Å². The second kappa shape index (κ2) is 2.77. The Bertz CT molecular complexity index is 260. The van der Waals surface area contributed by atoms with Crippen molar-refractivity contribution in [3.8, 4) is 0 Å². The molecular weight excluding hydrogens is 148 g/mol. The third-order valence-corrected chi connectivity index (χ3v) is 2.21. The normalized spacial score (nSPS) is 15.4.